The van der Waals surface area contributed by atoms with Crippen LogP contribution in [0.25, 0.3) is 0 Å². The predicted molar refractivity (Wildman–Crippen MR) is 94.3 cm³/mol. The van der Waals surface area contributed by atoms with Crippen LogP contribution < -0.4 is 0 Å². The largest absolute Gasteiger partial charge is 0.457 e. The van der Waals surface area contributed by atoms with E-state index in [1.54, 1.807) is 13.8 Å². The Kier molecular flexibility index (Phi) is 4.41. The van der Waals surface area contributed by atoms with Gasteiger partial charge in [-0.3, -0.25) is 4.79 Å². The molecule has 2 aliphatic carbocycles. The number of hydrogen-bond donors (Lipinski definition) is 2. The highest BCUT2D eigenvalue weighted by molar-refractivity contribution is 6.01. The van der Waals surface area contributed by atoms with Crippen LogP contribution in [0.15, 0.2) is 11.1 Å². The van der Waals surface area contributed by atoms with E-state index in [1.165, 1.54) is 6.92 Å². The van der Waals surface area contributed by atoms with Gasteiger partial charge in [-0.1, -0.05) is 19.4 Å². The zero-order chi connectivity index (χ0) is 19.7. The fourth-order valence-corrected chi connectivity index (χ4v) is 4.44. The van der Waals surface area contributed by atoms with Crippen LogP contribution >= 0.6 is 0 Å². The molecule has 1 saturated carbocycles. The Morgan fingerprint density at radius 2 is 1.88 bits per heavy atom. The summed E-state index contributed by atoms with van der Waals surface area (Å²) in [7, 11) is 0. The summed E-state index contributed by atoms with van der Waals surface area (Å²) in [5, 5.41) is 22.7. The van der Waals surface area contributed by atoms with Crippen molar-refractivity contribution in [3.05, 3.63) is 11.1 Å². The van der Waals surface area contributed by atoms with Crippen molar-refractivity contribution in [3.8, 4) is 0 Å². The number of esters is 1. The highest BCUT2D eigenvalue weighted by atomic mass is 16.7. The van der Waals surface area contributed by atoms with Gasteiger partial charge in [0, 0.05) is 11.5 Å². The van der Waals surface area contributed by atoms with Crippen molar-refractivity contribution in [1.29, 1.82) is 0 Å². The van der Waals surface area contributed by atoms with Gasteiger partial charge in [0.25, 0.3) is 0 Å². The molecule has 1 saturated heterocycles. The highest BCUT2D eigenvalue weighted by Crippen LogP contribution is 2.51. The van der Waals surface area contributed by atoms with E-state index in [4.69, 9.17) is 9.47 Å². The second kappa shape index (κ2) is 5.88. The van der Waals surface area contributed by atoms with Crippen molar-refractivity contribution >= 4 is 11.8 Å². The van der Waals surface area contributed by atoms with E-state index in [2.05, 4.69) is 0 Å². The number of aliphatic hydroxyl groups is 2. The summed E-state index contributed by atoms with van der Waals surface area (Å²) in [6.45, 7) is 10.6. The minimum Gasteiger partial charge on any atom is -0.457 e. The first kappa shape index (κ1) is 19.5. The van der Waals surface area contributed by atoms with E-state index in [0.29, 0.717) is 12.0 Å². The topological polar surface area (TPSA) is 96.4 Å². The number of rotatable bonds is 3. The highest BCUT2D eigenvalue weighted by Gasteiger charge is 2.64. The number of Topliss-reactive ketones (excluding diaryl/α,β-unsaturated/α-hetero) is 1. The smallest absolute Gasteiger partial charge is 0.341 e. The molecule has 0 radical (unpaired) electrons. The minimum atomic E-state index is -1.76. The van der Waals surface area contributed by atoms with E-state index in [0.717, 1.165) is 5.57 Å². The first-order valence-electron chi connectivity index (χ1n) is 9.44. The number of hydrogen-bond acceptors (Lipinski definition) is 6. The van der Waals surface area contributed by atoms with Gasteiger partial charge in [0.15, 0.2) is 11.4 Å². The van der Waals surface area contributed by atoms with Gasteiger partial charge in [0.05, 0.1) is 6.10 Å². The lowest BCUT2D eigenvalue weighted by Gasteiger charge is -2.42. The first-order valence-corrected chi connectivity index (χ1v) is 9.44. The molecule has 1 aliphatic heterocycles. The lowest BCUT2D eigenvalue weighted by molar-refractivity contribution is -0.200. The molecule has 1 heterocycles. The summed E-state index contributed by atoms with van der Waals surface area (Å²) in [6.07, 6.45) is -0.278. The number of ether oxygens (including phenoxy) is 2. The number of fused-ring (bicyclic) bond motifs is 1. The quantitative estimate of drug-likeness (QED) is 0.585. The maximum atomic E-state index is 13.2. The molecular weight excluding hydrogens is 336 g/mol. The van der Waals surface area contributed by atoms with Gasteiger partial charge in [0.1, 0.15) is 17.3 Å². The molecule has 0 aromatic heterocycles. The second-order valence-corrected chi connectivity index (χ2v) is 8.87. The van der Waals surface area contributed by atoms with Crippen LogP contribution in [0, 0.1) is 11.8 Å². The van der Waals surface area contributed by atoms with Crippen molar-refractivity contribution in [2.45, 2.75) is 89.8 Å². The molecule has 3 rings (SSSR count). The molecule has 0 aromatic rings. The molecule has 3 aliphatic rings. The Morgan fingerprint density at radius 3 is 2.38 bits per heavy atom. The van der Waals surface area contributed by atoms with E-state index >= 15 is 0 Å². The van der Waals surface area contributed by atoms with Crippen LogP contribution in [0.4, 0.5) is 0 Å². The van der Waals surface area contributed by atoms with Crippen molar-refractivity contribution in [2.75, 3.05) is 0 Å². The Hall–Kier alpha value is -1.24. The molecule has 26 heavy (non-hydrogen) atoms. The molecule has 0 aromatic carbocycles. The number of carbonyl (C=O) groups is 2. The molecule has 2 fully saturated rings. The molecule has 146 valence electrons. The Bertz CT molecular complexity index is 678. The number of epoxide rings is 1. The number of ketones is 1. The third-order valence-corrected chi connectivity index (χ3v) is 6.82. The molecule has 6 heteroatoms. The van der Waals surface area contributed by atoms with Crippen molar-refractivity contribution in [1.82, 2.24) is 0 Å². The van der Waals surface area contributed by atoms with Crippen molar-refractivity contribution in [2.24, 2.45) is 11.8 Å². The van der Waals surface area contributed by atoms with Gasteiger partial charge in [-0.05, 0) is 52.9 Å². The molecule has 0 amide bonds. The normalized spacial score (nSPS) is 45.6. The SMILES string of the molecule is CC1=C2C(=O)[C@H](C(C)C)C[C@@H](OC(=O)[C@@]3(C)O[C@H]3C)[C@@](C)(O)[C@]2(O)CC1. The maximum Gasteiger partial charge on any atom is 0.341 e. The third kappa shape index (κ3) is 2.57. The fourth-order valence-electron chi connectivity index (χ4n) is 4.44. The average molecular weight is 366 g/mol. The molecule has 0 bridgehead atoms. The molecule has 6 atom stereocenters. The number of allylic oxidation sites excluding steroid dienone is 1. The van der Waals surface area contributed by atoms with Gasteiger partial charge in [-0.25, -0.2) is 4.79 Å². The zero-order valence-electron chi connectivity index (χ0n) is 16.5. The van der Waals surface area contributed by atoms with E-state index in [1.807, 2.05) is 20.8 Å². The summed E-state index contributed by atoms with van der Waals surface area (Å²) in [6, 6.07) is 0. The van der Waals surface area contributed by atoms with Crippen LogP contribution in [0.2, 0.25) is 0 Å². The van der Waals surface area contributed by atoms with Crippen LogP contribution in [-0.2, 0) is 19.1 Å². The predicted octanol–water partition coefficient (Wildman–Crippen LogP) is 1.91. The Balaban J connectivity index is 2.02. The van der Waals surface area contributed by atoms with Gasteiger partial charge < -0.3 is 19.7 Å². The van der Waals surface area contributed by atoms with Gasteiger partial charge >= 0.3 is 5.97 Å². The molecule has 0 unspecified atom stereocenters. The third-order valence-electron chi connectivity index (χ3n) is 6.82. The molecule has 0 spiro atoms. The summed E-state index contributed by atoms with van der Waals surface area (Å²) >= 11 is 0. The number of carbonyl (C=O) groups excluding carboxylic acids is 2. The van der Waals surface area contributed by atoms with E-state index in [-0.39, 0.29) is 30.6 Å². The van der Waals surface area contributed by atoms with E-state index in [9.17, 15) is 19.8 Å². The summed E-state index contributed by atoms with van der Waals surface area (Å²) in [4.78, 5) is 25.8. The lowest BCUT2D eigenvalue weighted by Crippen LogP contribution is -2.60. The zero-order valence-corrected chi connectivity index (χ0v) is 16.5. The van der Waals surface area contributed by atoms with Gasteiger partial charge in [0.2, 0.25) is 0 Å². The van der Waals surface area contributed by atoms with Crippen LogP contribution in [0.1, 0.15) is 60.8 Å². The van der Waals surface area contributed by atoms with Crippen molar-refractivity contribution in [3.63, 3.8) is 0 Å². The van der Waals surface area contributed by atoms with Gasteiger partial charge in [-0.15, -0.1) is 0 Å². The standard InChI is InChI=1S/C20H30O6/c1-10(2)13-9-14(25-17(22)18(5)12(4)26-18)19(6,23)20(24)8-7-11(3)15(20)16(13)21/h10,12-14,23-24H,7-9H2,1-6H3/t12-,13-,14+,18-,19+,20-/m0/s1. The van der Waals surface area contributed by atoms with Crippen LogP contribution in [-0.4, -0.2) is 51.0 Å². The lowest BCUT2D eigenvalue weighted by atomic mass is 9.76. The molecular formula is C20H30O6. The van der Waals surface area contributed by atoms with E-state index < -0.39 is 34.8 Å². The minimum absolute atomic E-state index is 0.00515. The van der Waals surface area contributed by atoms with Crippen molar-refractivity contribution < 1.29 is 29.3 Å². The second-order valence-electron chi connectivity index (χ2n) is 8.87. The Labute approximate surface area is 154 Å². The fraction of sp³-hybridized carbons (Fsp3) is 0.800. The maximum absolute atomic E-state index is 13.2. The summed E-state index contributed by atoms with van der Waals surface area (Å²) in [5.74, 6) is -1.13. The first-order chi connectivity index (χ1) is 11.9. The Morgan fingerprint density at radius 1 is 1.31 bits per heavy atom. The van der Waals surface area contributed by atoms with Crippen LogP contribution in [0.5, 0.6) is 0 Å². The average Bonchev–Trinajstić information content (AvgIpc) is 3.04. The summed E-state index contributed by atoms with van der Waals surface area (Å²) in [5.41, 5.74) is -3.38. The monoisotopic (exact) mass is 366 g/mol. The van der Waals surface area contributed by atoms with Crippen LogP contribution in [0.3, 0.4) is 0 Å². The molecule has 6 nitrogen and oxygen atoms in total. The van der Waals surface area contributed by atoms with Gasteiger partial charge in [-0.2, -0.15) is 0 Å². The molecule has 2 N–H and O–H groups in total. The summed E-state index contributed by atoms with van der Waals surface area (Å²) < 4.78 is 11.0.